The van der Waals surface area contributed by atoms with Crippen LogP contribution >= 0.6 is 0 Å². The standard InChI is InChI=1S/C36H50N2O6/c1-29(2)35(39)43-27-15-11-7-5-9-13-25-41-33-21-17-31(18-22-33)37-38-32-19-23-34(24-20-32)42-26-14-10-6-8-12-16-28-44-36(40)30(3)4/h17-24H,1,3,5-16,25-28H2,2,4H3. The fourth-order valence-electron chi connectivity index (χ4n) is 4.11. The van der Waals surface area contributed by atoms with Crippen molar-refractivity contribution >= 4 is 23.3 Å². The topological polar surface area (TPSA) is 95.8 Å². The van der Waals surface area contributed by atoms with E-state index in [4.69, 9.17) is 18.9 Å². The van der Waals surface area contributed by atoms with Gasteiger partial charge in [-0.15, -0.1) is 0 Å². The van der Waals surface area contributed by atoms with Gasteiger partial charge in [-0.1, -0.05) is 64.5 Å². The highest BCUT2D eigenvalue weighted by Crippen LogP contribution is 2.23. The van der Waals surface area contributed by atoms with E-state index in [0.717, 1.165) is 99.9 Å². The molecule has 240 valence electrons. The summed E-state index contributed by atoms with van der Waals surface area (Å²) in [4.78, 5) is 22.6. The maximum atomic E-state index is 11.3. The Kier molecular flexibility index (Phi) is 18.6. The summed E-state index contributed by atoms with van der Waals surface area (Å²) in [6.45, 7) is 12.8. The Morgan fingerprint density at radius 3 is 1.11 bits per heavy atom. The van der Waals surface area contributed by atoms with Crippen LogP contribution in [0.1, 0.15) is 90.9 Å². The first-order valence-electron chi connectivity index (χ1n) is 15.9. The van der Waals surface area contributed by atoms with Gasteiger partial charge < -0.3 is 18.9 Å². The van der Waals surface area contributed by atoms with Crippen LogP contribution in [0, 0.1) is 0 Å². The molecule has 44 heavy (non-hydrogen) atoms. The van der Waals surface area contributed by atoms with Crippen molar-refractivity contribution in [1.29, 1.82) is 0 Å². The Morgan fingerprint density at radius 2 is 0.795 bits per heavy atom. The van der Waals surface area contributed by atoms with Crippen LogP contribution in [0.4, 0.5) is 11.4 Å². The van der Waals surface area contributed by atoms with E-state index in [-0.39, 0.29) is 11.9 Å². The molecule has 0 fully saturated rings. The molecule has 0 unspecified atom stereocenters. The van der Waals surface area contributed by atoms with Gasteiger partial charge >= 0.3 is 11.9 Å². The summed E-state index contributed by atoms with van der Waals surface area (Å²) in [7, 11) is 0. The molecule has 2 rings (SSSR count). The van der Waals surface area contributed by atoms with Gasteiger partial charge in [-0.25, -0.2) is 9.59 Å². The number of esters is 2. The Bertz CT molecular complexity index is 1070. The Balaban J connectivity index is 1.50. The molecule has 0 aromatic heterocycles. The molecule has 0 saturated carbocycles. The molecule has 0 N–H and O–H groups in total. The number of hydrogen-bond donors (Lipinski definition) is 0. The van der Waals surface area contributed by atoms with E-state index >= 15 is 0 Å². The molecule has 0 atom stereocenters. The first-order valence-corrected chi connectivity index (χ1v) is 15.9. The third-order valence-electron chi connectivity index (χ3n) is 6.73. The number of azo groups is 1. The second kappa shape index (κ2) is 22.6. The van der Waals surface area contributed by atoms with Gasteiger partial charge in [-0.05, 0) is 88.1 Å². The van der Waals surface area contributed by atoms with Crippen molar-refractivity contribution in [3.63, 3.8) is 0 Å². The zero-order chi connectivity index (χ0) is 31.8. The lowest BCUT2D eigenvalue weighted by Crippen LogP contribution is -2.06. The zero-order valence-electron chi connectivity index (χ0n) is 26.7. The molecule has 2 aromatic carbocycles. The maximum Gasteiger partial charge on any atom is 0.333 e. The molecule has 0 spiro atoms. The van der Waals surface area contributed by atoms with Crippen molar-refractivity contribution in [2.45, 2.75) is 90.9 Å². The number of unbranched alkanes of at least 4 members (excludes halogenated alkanes) is 10. The largest absolute Gasteiger partial charge is 0.494 e. The minimum atomic E-state index is -0.306. The Hall–Kier alpha value is -3.94. The van der Waals surface area contributed by atoms with Gasteiger partial charge in [0.2, 0.25) is 0 Å². The second-order valence-corrected chi connectivity index (χ2v) is 11.0. The summed E-state index contributed by atoms with van der Waals surface area (Å²) in [5.74, 6) is 1.04. The lowest BCUT2D eigenvalue weighted by Gasteiger charge is -2.07. The van der Waals surface area contributed by atoms with Crippen LogP contribution in [-0.4, -0.2) is 38.4 Å². The van der Waals surface area contributed by atoms with Crippen LogP contribution in [0.3, 0.4) is 0 Å². The molecule has 0 radical (unpaired) electrons. The fourth-order valence-corrected chi connectivity index (χ4v) is 4.11. The van der Waals surface area contributed by atoms with Gasteiger partial charge in [0.25, 0.3) is 0 Å². The number of carbonyl (C=O) groups is 2. The lowest BCUT2D eigenvalue weighted by atomic mass is 10.1. The van der Waals surface area contributed by atoms with E-state index in [2.05, 4.69) is 23.4 Å². The number of hydrogen-bond acceptors (Lipinski definition) is 8. The predicted molar refractivity (Wildman–Crippen MR) is 175 cm³/mol. The average molecular weight is 607 g/mol. The highest BCUT2D eigenvalue weighted by Gasteiger charge is 2.03. The van der Waals surface area contributed by atoms with Crippen LogP contribution in [-0.2, 0) is 19.1 Å². The van der Waals surface area contributed by atoms with E-state index in [1.165, 1.54) is 0 Å². The van der Waals surface area contributed by atoms with E-state index < -0.39 is 0 Å². The third-order valence-corrected chi connectivity index (χ3v) is 6.73. The highest BCUT2D eigenvalue weighted by atomic mass is 16.5. The summed E-state index contributed by atoms with van der Waals surface area (Å²) in [6, 6.07) is 15.3. The molecule has 8 heteroatoms. The van der Waals surface area contributed by atoms with E-state index in [0.29, 0.717) is 37.6 Å². The van der Waals surface area contributed by atoms with Crippen LogP contribution in [0.2, 0.25) is 0 Å². The lowest BCUT2D eigenvalue weighted by molar-refractivity contribution is -0.139. The molecule has 0 aliphatic carbocycles. The van der Waals surface area contributed by atoms with Crippen LogP contribution in [0.5, 0.6) is 11.5 Å². The Labute approximate surface area is 263 Å². The molecule has 0 aliphatic heterocycles. The normalized spacial score (nSPS) is 10.9. The van der Waals surface area contributed by atoms with Crippen LogP contribution < -0.4 is 9.47 Å². The first kappa shape index (κ1) is 36.3. The number of carbonyl (C=O) groups excluding carboxylic acids is 2. The number of benzene rings is 2. The Morgan fingerprint density at radius 1 is 0.500 bits per heavy atom. The first-order chi connectivity index (χ1) is 21.3. The van der Waals surface area contributed by atoms with Gasteiger partial charge in [0.15, 0.2) is 0 Å². The zero-order valence-corrected chi connectivity index (χ0v) is 26.7. The van der Waals surface area contributed by atoms with Gasteiger partial charge in [-0.3, -0.25) is 0 Å². The summed E-state index contributed by atoms with van der Waals surface area (Å²) in [5.41, 5.74) is 2.42. The molecule has 0 heterocycles. The quantitative estimate of drug-likeness (QED) is 0.0511. The molecule has 0 amide bonds. The van der Waals surface area contributed by atoms with Crippen molar-refractivity contribution in [2.75, 3.05) is 26.4 Å². The minimum absolute atomic E-state index is 0.306. The van der Waals surface area contributed by atoms with Crippen LogP contribution in [0.25, 0.3) is 0 Å². The number of ether oxygens (including phenoxy) is 4. The van der Waals surface area contributed by atoms with Crippen molar-refractivity contribution in [2.24, 2.45) is 10.2 Å². The summed E-state index contributed by atoms with van der Waals surface area (Å²) >= 11 is 0. The monoisotopic (exact) mass is 606 g/mol. The summed E-state index contributed by atoms with van der Waals surface area (Å²) in [6.07, 6.45) is 12.7. The van der Waals surface area contributed by atoms with Gasteiger partial charge in [-0.2, -0.15) is 10.2 Å². The number of nitrogens with zero attached hydrogens (tertiary/aromatic N) is 2. The van der Waals surface area contributed by atoms with E-state index in [9.17, 15) is 9.59 Å². The van der Waals surface area contributed by atoms with Gasteiger partial charge in [0.05, 0.1) is 37.8 Å². The van der Waals surface area contributed by atoms with Crippen LogP contribution in [0.15, 0.2) is 83.1 Å². The maximum absolute atomic E-state index is 11.3. The summed E-state index contributed by atoms with van der Waals surface area (Å²) in [5, 5.41) is 8.65. The fraction of sp³-hybridized carbons (Fsp3) is 0.500. The van der Waals surface area contributed by atoms with Crippen molar-refractivity contribution in [1.82, 2.24) is 0 Å². The van der Waals surface area contributed by atoms with Crippen molar-refractivity contribution < 1.29 is 28.5 Å². The van der Waals surface area contributed by atoms with Gasteiger partial charge in [0, 0.05) is 11.1 Å². The number of rotatable bonds is 24. The molecule has 0 aliphatic rings. The minimum Gasteiger partial charge on any atom is -0.494 e. The highest BCUT2D eigenvalue weighted by molar-refractivity contribution is 5.87. The smallest absolute Gasteiger partial charge is 0.333 e. The van der Waals surface area contributed by atoms with E-state index in [1.807, 2.05) is 48.5 Å². The third kappa shape index (κ3) is 17.2. The molecular weight excluding hydrogens is 556 g/mol. The SMILES string of the molecule is C=C(C)C(=O)OCCCCCCCCOc1ccc(N=Nc2ccc(OCCCCCCCCOC(=O)C(=C)C)cc2)cc1. The molecular formula is C36H50N2O6. The molecule has 0 saturated heterocycles. The van der Waals surface area contributed by atoms with E-state index in [1.54, 1.807) is 13.8 Å². The summed E-state index contributed by atoms with van der Waals surface area (Å²) < 4.78 is 21.9. The molecule has 0 bridgehead atoms. The molecule has 8 nitrogen and oxygen atoms in total. The van der Waals surface area contributed by atoms with Gasteiger partial charge in [0.1, 0.15) is 11.5 Å². The average Bonchev–Trinajstić information content (AvgIpc) is 3.02. The van der Waals surface area contributed by atoms with Crippen molar-refractivity contribution in [3.05, 3.63) is 72.8 Å². The van der Waals surface area contributed by atoms with Crippen molar-refractivity contribution in [3.8, 4) is 11.5 Å². The second-order valence-electron chi connectivity index (χ2n) is 11.0. The predicted octanol–water partition coefficient (Wildman–Crippen LogP) is 9.78. The molecule has 2 aromatic rings.